The van der Waals surface area contributed by atoms with Gasteiger partial charge in [0.25, 0.3) is 0 Å². The number of anilines is 1. The topological polar surface area (TPSA) is 158 Å². The van der Waals surface area contributed by atoms with Gasteiger partial charge in [-0.05, 0) is 69.8 Å². The minimum atomic E-state index is -2.70. The van der Waals surface area contributed by atoms with E-state index in [1.807, 2.05) is 0 Å². The molecule has 10 heteroatoms. The van der Waals surface area contributed by atoms with Gasteiger partial charge in [-0.1, -0.05) is 0 Å². The Kier molecular flexibility index (Phi) is 5.79. The van der Waals surface area contributed by atoms with Crippen LogP contribution in [-0.4, -0.2) is 83.0 Å². The molecule has 6 atom stereocenters. The van der Waals surface area contributed by atoms with Crippen LogP contribution >= 0.6 is 0 Å². The predicted molar refractivity (Wildman–Crippen MR) is 127 cm³/mol. The molecule has 4 N–H and O–H groups in total. The van der Waals surface area contributed by atoms with Crippen molar-refractivity contribution in [2.45, 2.75) is 43.7 Å². The summed E-state index contributed by atoms with van der Waals surface area (Å²) in [7, 11) is 3.14. The Hall–Kier alpha value is -3.11. The molecule has 2 unspecified atom stereocenters. The second kappa shape index (κ2) is 8.48. The second-order valence-electron chi connectivity index (χ2n) is 10.8. The number of fused-ring (bicyclic) bond motifs is 3. The van der Waals surface area contributed by atoms with Gasteiger partial charge in [0, 0.05) is 24.7 Å². The van der Waals surface area contributed by atoms with Gasteiger partial charge in [0.15, 0.2) is 34.7 Å². The van der Waals surface area contributed by atoms with Crippen molar-refractivity contribution in [2.75, 3.05) is 32.1 Å². The number of carbonyl (C=O) groups is 5. The fraction of sp³-hybridized carbons (Fsp3) is 0.577. The van der Waals surface area contributed by atoms with E-state index in [0.29, 0.717) is 5.56 Å². The van der Waals surface area contributed by atoms with Gasteiger partial charge in [-0.25, -0.2) is 0 Å². The third-order valence-corrected chi connectivity index (χ3v) is 8.62. The van der Waals surface area contributed by atoms with Crippen molar-refractivity contribution in [1.82, 2.24) is 4.90 Å². The number of hydrogen-bond acceptors (Lipinski definition) is 9. The molecule has 0 spiro atoms. The third-order valence-electron chi connectivity index (χ3n) is 8.62. The van der Waals surface area contributed by atoms with Gasteiger partial charge in [-0.3, -0.25) is 28.9 Å². The first-order valence-electron chi connectivity index (χ1n) is 12.4. The van der Waals surface area contributed by atoms with E-state index in [1.165, 1.54) is 11.0 Å². The molecule has 5 rings (SSSR count). The monoisotopic (exact) mass is 497 g/mol. The molecular formula is C26H31N3O7. The lowest BCUT2D eigenvalue weighted by Crippen LogP contribution is -2.74. The Balaban J connectivity index is 1.62. The largest absolute Gasteiger partial charge is 0.507 e. The number of amides is 1. The summed E-state index contributed by atoms with van der Waals surface area (Å²) in [5.41, 5.74) is 4.19. The molecule has 1 aromatic carbocycles. The SMILES string of the molecule is CN(C)[C@@H]1C(=O)C(C(N)=O)C(=O)[C@@]2(O)C(=O)C3C(=O)c4c(O)ccc(N5CCCCC5)c4C[C@H]3C[C@@H]12. The van der Waals surface area contributed by atoms with Crippen molar-refractivity contribution in [3.8, 4) is 5.75 Å². The summed E-state index contributed by atoms with van der Waals surface area (Å²) in [4.78, 5) is 69.7. The first kappa shape index (κ1) is 24.6. The summed E-state index contributed by atoms with van der Waals surface area (Å²) in [5.74, 6) is -10.2. The molecule has 1 aliphatic heterocycles. The summed E-state index contributed by atoms with van der Waals surface area (Å²) < 4.78 is 0. The quantitative estimate of drug-likeness (QED) is 0.483. The molecule has 1 heterocycles. The molecule has 0 bridgehead atoms. The van der Waals surface area contributed by atoms with Gasteiger partial charge in [0.2, 0.25) is 5.91 Å². The van der Waals surface area contributed by atoms with Crippen LogP contribution in [0.3, 0.4) is 0 Å². The van der Waals surface area contributed by atoms with Crippen molar-refractivity contribution < 1.29 is 34.2 Å². The van der Waals surface area contributed by atoms with Crippen LogP contribution in [0.15, 0.2) is 12.1 Å². The number of aromatic hydroxyl groups is 1. The normalized spacial score (nSPS) is 34.3. The lowest BCUT2D eigenvalue weighted by molar-refractivity contribution is -0.181. The molecular weight excluding hydrogens is 466 g/mol. The minimum Gasteiger partial charge on any atom is -0.507 e. The first-order valence-corrected chi connectivity index (χ1v) is 12.4. The average molecular weight is 498 g/mol. The highest BCUT2D eigenvalue weighted by Crippen LogP contribution is 2.51. The molecule has 1 aromatic rings. The smallest absolute Gasteiger partial charge is 0.235 e. The van der Waals surface area contributed by atoms with Crippen molar-refractivity contribution in [2.24, 2.45) is 29.4 Å². The molecule has 3 aliphatic carbocycles. The molecule has 1 amide bonds. The van der Waals surface area contributed by atoms with Gasteiger partial charge < -0.3 is 20.8 Å². The number of rotatable bonds is 3. The Labute approximate surface area is 208 Å². The van der Waals surface area contributed by atoms with E-state index < -0.39 is 64.4 Å². The van der Waals surface area contributed by atoms with Crippen LogP contribution in [0.4, 0.5) is 5.69 Å². The van der Waals surface area contributed by atoms with Crippen LogP contribution in [0.25, 0.3) is 0 Å². The number of benzene rings is 1. The van der Waals surface area contributed by atoms with E-state index in [-0.39, 0.29) is 24.2 Å². The number of nitrogens with two attached hydrogens (primary N) is 1. The number of likely N-dealkylation sites (N-methyl/N-ethyl adjacent to an activating group) is 1. The van der Waals surface area contributed by atoms with Crippen LogP contribution < -0.4 is 10.6 Å². The molecule has 192 valence electrons. The van der Waals surface area contributed by atoms with E-state index in [2.05, 4.69) is 4.90 Å². The molecule has 0 radical (unpaired) electrons. The van der Waals surface area contributed by atoms with Crippen molar-refractivity contribution >= 4 is 34.7 Å². The zero-order valence-corrected chi connectivity index (χ0v) is 20.4. The summed E-state index contributed by atoms with van der Waals surface area (Å²) in [5, 5.41) is 22.3. The molecule has 4 aliphatic rings. The van der Waals surface area contributed by atoms with Crippen LogP contribution in [0.2, 0.25) is 0 Å². The number of phenols is 1. The number of primary amides is 1. The van der Waals surface area contributed by atoms with E-state index in [4.69, 9.17) is 5.73 Å². The predicted octanol–water partition coefficient (Wildman–Crippen LogP) is -0.143. The van der Waals surface area contributed by atoms with Crippen LogP contribution in [-0.2, 0) is 25.6 Å². The van der Waals surface area contributed by atoms with Gasteiger partial charge in [-0.15, -0.1) is 0 Å². The number of aliphatic hydroxyl groups is 1. The highest BCUT2D eigenvalue weighted by atomic mass is 16.3. The maximum absolute atomic E-state index is 13.8. The average Bonchev–Trinajstić information content (AvgIpc) is 2.81. The Morgan fingerprint density at radius 1 is 1.08 bits per heavy atom. The molecule has 36 heavy (non-hydrogen) atoms. The van der Waals surface area contributed by atoms with Crippen molar-refractivity contribution in [3.63, 3.8) is 0 Å². The summed E-state index contributed by atoms with van der Waals surface area (Å²) in [6, 6.07) is 2.14. The van der Waals surface area contributed by atoms with E-state index in [9.17, 15) is 34.2 Å². The second-order valence-corrected chi connectivity index (χ2v) is 10.8. The van der Waals surface area contributed by atoms with Gasteiger partial charge in [-0.2, -0.15) is 0 Å². The number of nitrogens with zero attached hydrogens (tertiary/aromatic N) is 2. The Bertz CT molecular complexity index is 1190. The number of ketones is 4. The Morgan fingerprint density at radius 2 is 1.75 bits per heavy atom. The summed E-state index contributed by atoms with van der Waals surface area (Å²) >= 11 is 0. The zero-order valence-electron chi connectivity index (χ0n) is 20.4. The lowest BCUT2D eigenvalue weighted by Gasteiger charge is -2.52. The lowest BCUT2D eigenvalue weighted by atomic mass is 9.52. The first-order chi connectivity index (χ1) is 17.0. The summed E-state index contributed by atoms with van der Waals surface area (Å²) in [6.07, 6.45) is 3.48. The fourth-order valence-corrected chi connectivity index (χ4v) is 7.02. The number of Topliss-reactive ketones (excluding diaryl/α,β-unsaturated/α-hetero) is 4. The van der Waals surface area contributed by atoms with Crippen LogP contribution in [0.1, 0.15) is 41.6 Å². The van der Waals surface area contributed by atoms with E-state index >= 15 is 0 Å². The molecule has 0 aromatic heterocycles. The van der Waals surface area contributed by atoms with E-state index in [0.717, 1.165) is 38.0 Å². The summed E-state index contributed by atoms with van der Waals surface area (Å²) in [6.45, 7) is 1.64. The number of piperidine rings is 1. The third kappa shape index (κ3) is 3.27. The number of carbonyl (C=O) groups excluding carboxylic acids is 5. The fourth-order valence-electron chi connectivity index (χ4n) is 7.02. The number of phenolic OH excluding ortho intramolecular Hbond substituents is 1. The Morgan fingerprint density at radius 3 is 2.36 bits per heavy atom. The van der Waals surface area contributed by atoms with Crippen LogP contribution in [0.5, 0.6) is 5.75 Å². The molecule has 2 saturated carbocycles. The maximum Gasteiger partial charge on any atom is 0.235 e. The minimum absolute atomic E-state index is 0.0460. The van der Waals surface area contributed by atoms with E-state index in [1.54, 1.807) is 20.2 Å². The number of hydrogen-bond donors (Lipinski definition) is 3. The zero-order chi connectivity index (χ0) is 26.1. The standard InChI is InChI=1S/C26H31N3O7/c1-28(2)20-14-11-12-10-13-15(29-8-4-3-5-9-29)6-7-16(30)18(13)21(31)17(12)23(33)26(14,36)24(34)19(22(20)32)25(27)35/h6-7,12,14,17,19-20,30,36H,3-5,8-11H2,1-2H3,(H2,27,35)/t12-,14-,17?,19?,20-,26-/m0/s1. The highest BCUT2D eigenvalue weighted by molar-refractivity contribution is 6.32. The highest BCUT2D eigenvalue weighted by Gasteiger charge is 2.69. The van der Waals surface area contributed by atoms with Crippen molar-refractivity contribution in [1.29, 1.82) is 0 Å². The van der Waals surface area contributed by atoms with Gasteiger partial charge >= 0.3 is 0 Å². The van der Waals surface area contributed by atoms with Crippen molar-refractivity contribution in [3.05, 3.63) is 23.3 Å². The molecule has 1 saturated heterocycles. The van der Waals surface area contributed by atoms with Gasteiger partial charge in [0.05, 0.1) is 17.5 Å². The maximum atomic E-state index is 13.8. The van der Waals surface area contributed by atoms with Gasteiger partial charge in [0.1, 0.15) is 5.75 Å². The molecule has 10 nitrogen and oxygen atoms in total. The van der Waals surface area contributed by atoms with Crippen LogP contribution in [0, 0.1) is 23.7 Å². The molecule has 3 fully saturated rings.